The predicted octanol–water partition coefficient (Wildman–Crippen LogP) is 3.95. The molecule has 2 amide bonds. The zero-order chi connectivity index (χ0) is 25.8. The molecule has 0 spiro atoms. The Morgan fingerprint density at radius 2 is 1.83 bits per heavy atom. The normalized spacial score (nSPS) is 11.2. The Kier molecular flexibility index (Phi) is 9.78. The van der Waals surface area contributed by atoms with Crippen LogP contribution >= 0.6 is 15.9 Å². The lowest BCUT2D eigenvalue weighted by Gasteiger charge is -2.06. The summed E-state index contributed by atoms with van der Waals surface area (Å²) >= 11 is 3.34. The number of ether oxygens (including phenoxy) is 2. The van der Waals surface area contributed by atoms with Crippen LogP contribution in [0.5, 0.6) is 11.5 Å². The average Bonchev–Trinajstić information content (AvgIpc) is 3.40. The molecule has 0 aliphatic heterocycles. The Morgan fingerprint density at radius 3 is 2.61 bits per heavy atom. The highest BCUT2D eigenvalue weighted by Crippen LogP contribution is 2.22. The van der Waals surface area contributed by atoms with Gasteiger partial charge in [0.25, 0.3) is 5.91 Å². The van der Waals surface area contributed by atoms with Gasteiger partial charge in [0.15, 0.2) is 0 Å². The summed E-state index contributed by atoms with van der Waals surface area (Å²) in [5.74, 6) is -0.241. The maximum atomic E-state index is 12.1. The van der Waals surface area contributed by atoms with E-state index in [2.05, 4.69) is 31.8 Å². The third-order valence-corrected chi connectivity index (χ3v) is 4.97. The number of nitrogens with zero attached hydrogens (tertiary/aromatic N) is 1. The molecule has 0 radical (unpaired) electrons. The summed E-state index contributed by atoms with van der Waals surface area (Å²) in [6.07, 6.45) is 8.42. The molecule has 0 saturated heterocycles. The SMILES string of the molecule is COc1ccccc1C=CC(=O)NCC(=O)NN=Cc1cc(Br)ccc1OC(=O)C=Cc1ccco1. The molecule has 1 heterocycles. The topological polar surface area (TPSA) is 119 Å². The summed E-state index contributed by atoms with van der Waals surface area (Å²) in [4.78, 5) is 36.2. The summed E-state index contributed by atoms with van der Waals surface area (Å²) in [5, 5.41) is 6.34. The van der Waals surface area contributed by atoms with Crippen LogP contribution in [0, 0.1) is 0 Å². The van der Waals surface area contributed by atoms with E-state index in [0.717, 1.165) is 10.0 Å². The van der Waals surface area contributed by atoms with Crippen LogP contribution in [0.3, 0.4) is 0 Å². The third-order valence-electron chi connectivity index (χ3n) is 4.48. The van der Waals surface area contributed by atoms with Gasteiger partial charge in [0.05, 0.1) is 26.1 Å². The van der Waals surface area contributed by atoms with E-state index in [1.54, 1.807) is 55.7 Å². The lowest BCUT2D eigenvalue weighted by atomic mass is 10.2. The van der Waals surface area contributed by atoms with Gasteiger partial charge in [-0.1, -0.05) is 34.1 Å². The quantitative estimate of drug-likeness (QED) is 0.129. The van der Waals surface area contributed by atoms with Crippen molar-refractivity contribution >= 4 is 52.1 Å². The number of esters is 1. The summed E-state index contributed by atoms with van der Waals surface area (Å²) in [6, 6.07) is 15.6. The van der Waals surface area contributed by atoms with Crippen molar-refractivity contribution in [1.82, 2.24) is 10.7 Å². The van der Waals surface area contributed by atoms with E-state index < -0.39 is 17.8 Å². The van der Waals surface area contributed by atoms with E-state index >= 15 is 0 Å². The molecule has 0 atom stereocenters. The van der Waals surface area contributed by atoms with Gasteiger partial charge in [-0.25, -0.2) is 10.2 Å². The lowest BCUT2D eigenvalue weighted by Crippen LogP contribution is -2.34. The van der Waals surface area contributed by atoms with Crippen LogP contribution in [0.1, 0.15) is 16.9 Å². The van der Waals surface area contributed by atoms with E-state index in [1.807, 2.05) is 12.1 Å². The van der Waals surface area contributed by atoms with Crippen molar-refractivity contribution < 1.29 is 28.3 Å². The summed E-state index contributed by atoms with van der Waals surface area (Å²) in [6.45, 7) is -0.287. The van der Waals surface area contributed by atoms with Crippen LogP contribution in [0.25, 0.3) is 12.2 Å². The average molecular weight is 552 g/mol. The number of amides is 2. The Balaban J connectivity index is 1.51. The van der Waals surface area contributed by atoms with Crippen molar-refractivity contribution in [2.75, 3.05) is 13.7 Å². The van der Waals surface area contributed by atoms with Gasteiger partial charge >= 0.3 is 5.97 Å². The van der Waals surface area contributed by atoms with Crippen LogP contribution in [-0.2, 0) is 14.4 Å². The number of hydrogen-bond acceptors (Lipinski definition) is 7. The highest BCUT2D eigenvalue weighted by Gasteiger charge is 2.08. The second-order valence-electron chi connectivity index (χ2n) is 7.04. The fourth-order valence-electron chi connectivity index (χ4n) is 2.80. The molecule has 2 aromatic carbocycles. The summed E-state index contributed by atoms with van der Waals surface area (Å²) in [5.41, 5.74) is 3.48. The molecular formula is C26H22BrN3O6. The fraction of sp³-hybridized carbons (Fsp3) is 0.0769. The van der Waals surface area contributed by atoms with Crippen molar-refractivity contribution in [2.45, 2.75) is 0 Å². The molecule has 36 heavy (non-hydrogen) atoms. The molecule has 3 rings (SSSR count). The standard InChI is InChI=1S/C26H22BrN3O6/c1-34-22-7-3-2-5-18(22)8-12-24(31)28-17-25(32)30-29-16-19-15-20(27)9-11-23(19)36-26(33)13-10-21-6-4-14-35-21/h2-16H,17H2,1H3,(H,28,31)(H,30,32). The number of rotatable bonds is 10. The zero-order valence-electron chi connectivity index (χ0n) is 19.1. The first-order valence-electron chi connectivity index (χ1n) is 10.6. The first kappa shape index (κ1) is 26.2. The van der Waals surface area contributed by atoms with Gasteiger partial charge in [0.1, 0.15) is 17.3 Å². The van der Waals surface area contributed by atoms with E-state index in [4.69, 9.17) is 13.9 Å². The summed E-state index contributed by atoms with van der Waals surface area (Å²) < 4.78 is 16.4. The molecule has 0 unspecified atom stereocenters. The number of hydrogen-bond donors (Lipinski definition) is 2. The molecule has 1 aromatic heterocycles. The molecule has 10 heteroatoms. The fourth-order valence-corrected chi connectivity index (χ4v) is 3.18. The van der Waals surface area contributed by atoms with Crippen LogP contribution in [0.4, 0.5) is 0 Å². The van der Waals surface area contributed by atoms with Crippen LogP contribution < -0.4 is 20.2 Å². The van der Waals surface area contributed by atoms with Gasteiger partial charge < -0.3 is 19.2 Å². The van der Waals surface area contributed by atoms with E-state index in [0.29, 0.717) is 17.1 Å². The number of halogens is 1. The number of methoxy groups -OCH3 is 1. The van der Waals surface area contributed by atoms with Crippen LogP contribution in [0.15, 0.2) is 87.0 Å². The number of nitrogens with one attached hydrogen (secondary N) is 2. The second kappa shape index (κ2) is 13.4. The van der Waals surface area contributed by atoms with E-state index in [-0.39, 0.29) is 12.3 Å². The maximum absolute atomic E-state index is 12.1. The van der Waals surface area contributed by atoms with Gasteiger partial charge in [-0.3, -0.25) is 9.59 Å². The highest BCUT2D eigenvalue weighted by molar-refractivity contribution is 9.10. The van der Waals surface area contributed by atoms with Gasteiger partial charge in [0, 0.05) is 27.8 Å². The molecule has 0 fully saturated rings. The second-order valence-corrected chi connectivity index (χ2v) is 7.95. The Labute approximate surface area is 215 Å². The number of carbonyl (C=O) groups excluding carboxylic acids is 3. The maximum Gasteiger partial charge on any atom is 0.336 e. The number of hydrazone groups is 1. The lowest BCUT2D eigenvalue weighted by molar-refractivity contribution is -0.129. The highest BCUT2D eigenvalue weighted by atomic mass is 79.9. The van der Waals surface area contributed by atoms with Gasteiger partial charge in [-0.15, -0.1) is 0 Å². The Bertz CT molecular complexity index is 1300. The molecule has 9 nitrogen and oxygen atoms in total. The molecule has 184 valence electrons. The minimum absolute atomic E-state index is 0.236. The zero-order valence-corrected chi connectivity index (χ0v) is 20.7. The largest absolute Gasteiger partial charge is 0.496 e. The molecule has 0 saturated carbocycles. The third kappa shape index (κ3) is 8.41. The van der Waals surface area contributed by atoms with Gasteiger partial charge in [-0.2, -0.15) is 5.10 Å². The van der Waals surface area contributed by atoms with E-state index in [1.165, 1.54) is 30.7 Å². The number of carbonyl (C=O) groups is 3. The van der Waals surface area contributed by atoms with Gasteiger partial charge in [-0.05, 0) is 48.6 Å². The number of para-hydroxylation sites is 1. The van der Waals surface area contributed by atoms with Gasteiger partial charge in [0.2, 0.25) is 5.91 Å². The van der Waals surface area contributed by atoms with Crippen molar-refractivity contribution in [2.24, 2.45) is 5.10 Å². The van der Waals surface area contributed by atoms with Crippen molar-refractivity contribution in [3.63, 3.8) is 0 Å². The first-order valence-corrected chi connectivity index (χ1v) is 11.4. The number of benzene rings is 2. The molecule has 0 aliphatic carbocycles. The minimum Gasteiger partial charge on any atom is -0.496 e. The summed E-state index contributed by atoms with van der Waals surface area (Å²) in [7, 11) is 1.54. The Morgan fingerprint density at radius 1 is 1.00 bits per heavy atom. The Hall–Kier alpha value is -4.44. The smallest absolute Gasteiger partial charge is 0.336 e. The molecule has 3 aromatic rings. The van der Waals surface area contributed by atoms with Crippen molar-refractivity contribution in [1.29, 1.82) is 0 Å². The van der Waals surface area contributed by atoms with Crippen LogP contribution in [0.2, 0.25) is 0 Å². The molecule has 0 bridgehead atoms. The number of furan rings is 1. The molecular weight excluding hydrogens is 530 g/mol. The monoisotopic (exact) mass is 551 g/mol. The minimum atomic E-state index is -0.615. The van der Waals surface area contributed by atoms with Crippen LogP contribution in [-0.4, -0.2) is 37.7 Å². The van der Waals surface area contributed by atoms with E-state index in [9.17, 15) is 14.4 Å². The predicted molar refractivity (Wildman–Crippen MR) is 138 cm³/mol. The molecule has 2 N–H and O–H groups in total. The van der Waals surface area contributed by atoms with Crippen molar-refractivity contribution in [3.05, 3.63) is 94.4 Å². The molecule has 0 aliphatic rings. The first-order chi connectivity index (χ1) is 17.4. The van der Waals surface area contributed by atoms with Crippen molar-refractivity contribution in [3.8, 4) is 11.5 Å².